The number of hydrogen-bond acceptors (Lipinski definition) is 2. The van der Waals surface area contributed by atoms with Crippen LogP contribution < -0.4 is 0 Å². The molecule has 1 aliphatic carbocycles. The molecule has 1 fully saturated rings. The van der Waals surface area contributed by atoms with Crippen LogP contribution in [0.1, 0.15) is 26.7 Å². The number of aliphatic hydroxyl groups is 2. The Balaban J connectivity index is 2.25. The van der Waals surface area contributed by atoms with Gasteiger partial charge in [-0.1, -0.05) is 13.3 Å². The van der Waals surface area contributed by atoms with Crippen molar-refractivity contribution in [2.24, 2.45) is 11.8 Å². The number of rotatable bonds is 3. The van der Waals surface area contributed by atoms with Crippen LogP contribution in [-0.2, 0) is 0 Å². The van der Waals surface area contributed by atoms with Gasteiger partial charge in [0.2, 0.25) is 0 Å². The summed E-state index contributed by atoms with van der Waals surface area (Å²) in [4.78, 5) is 0. The molecule has 60 valence electrons. The van der Waals surface area contributed by atoms with Crippen LogP contribution in [0, 0.1) is 11.8 Å². The first-order valence-corrected chi connectivity index (χ1v) is 4.03. The summed E-state index contributed by atoms with van der Waals surface area (Å²) in [6.07, 6.45) is 1.20. The maximum absolute atomic E-state index is 9.32. The predicted octanol–water partition coefficient (Wildman–Crippen LogP) is 0.774. The van der Waals surface area contributed by atoms with Crippen molar-refractivity contribution in [2.45, 2.75) is 38.9 Å². The highest BCUT2D eigenvalue weighted by molar-refractivity contribution is 4.92. The van der Waals surface area contributed by atoms with Gasteiger partial charge in [-0.15, -0.1) is 0 Å². The highest BCUT2D eigenvalue weighted by atomic mass is 16.3. The van der Waals surface area contributed by atoms with E-state index in [0.717, 1.165) is 12.8 Å². The third-order valence-corrected chi connectivity index (χ3v) is 2.43. The number of hydrogen-bond donors (Lipinski definition) is 2. The average molecular weight is 144 g/mol. The van der Waals surface area contributed by atoms with Crippen LogP contribution in [0.2, 0.25) is 0 Å². The normalized spacial score (nSPS) is 37.2. The van der Waals surface area contributed by atoms with E-state index in [-0.39, 0.29) is 0 Å². The maximum atomic E-state index is 9.32. The lowest BCUT2D eigenvalue weighted by atomic mass is 10.1. The van der Waals surface area contributed by atoms with Gasteiger partial charge in [0.1, 0.15) is 0 Å². The monoisotopic (exact) mass is 144 g/mol. The second-order valence-electron chi connectivity index (χ2n) is 3.30. The van der Waals surface area contributed by atoms with Crippen LogP contribution in [0.5, 0.6) is 0 Å². The van der Waals surface area contributed by atoms with Gasteiger partial charge in [0.25, 0.3) is 0 Å². The Morgan fingerprint density at radius 3 is 2.40 bits per heavy atom. The second kappa shape index (κ2) is 2.89. The molecule has 0 heterocycles. The molecule has 1 rings (SSSR count). The van der Waals surface area contributed by atoms with Gasteiger partial charge in [-0.2, -0.15) is 0 Å². The Morgan fingerprint density at radius 1 is 1.50 bits per heavy atom. The van der Waals surface area contributed by atoms with Crippen LogP contribution in [0.25, 0.3) is 0 Å². The Kier molecular flexibility index (Phi) is 2.32. The molecule has 0 aromatic rings. The van der Waals surface area contributed by atoms with Crippen LogP contribution in [0.3, 0.4) is 0 Å². The van der Waals surface area contributed by atoms with Crippen molar-refractivity contribution in [3.8, 4) is 0 Å². The molecule has 1 saturated carbocycles. The van der Waals surface area contributed by atoms with E-state index in [1.165, 1.54) is 0 Å². The van der Waals surface area contributed by atoms with Crippen molar-refractivity contribution in [2.75, 3.05) is 0 Å². The number of aliphatic hydroxyl groups excluding tert-OH is 2. The molecule has 4 atom stereocenters. The zero-order valence-corrected chi connectivity index (χ0v) is 6.62. The van der Waals surface area contributed by atoms with Crippen LogP contribution in [0.15, 0.2) is 0 Å². The van der Waals surface area contributed by atoms with E-state index in [2.05, 4.69) is 6.92 Å². The Bertz CT molecular complexity index is 112. The molecular weight excluding hydrogens is 128 g/mol. The fraction of sp³-hybridized carbons (Fsp3) is 1.00. The zero-order chi connectivity index (χ0) is 7.72. The lowest BCUT2D eigenvalue weighted by Crippen LogP contribution is -2.25. The molecule has 10 heavy (non-hydrogen) atoms. The van der Waals surface area contributed by atoms with Gasteiger partial charge < -0.3 is 10.2 Å². The van der Waals surface area contributed by atoms with E-state index in [1.807, 2.05) is 0 Å². The summed E-state index contributed by atoms with van der Waals surface area (Å²) in [5, 5.41) is 18.3. The van der Waals surface area contributed by atoms with E-state index < -0.39 is 12.2 Å². The fourth-order valence-electron chi connectivity index (χ4n) is 1.52. The summed E-state index contributed by atoms with van der Waals surface area (Å²) in [5.74, 6) is 1.05. The van der Waals surface area contributed by atoms with Crippen molar-refractivity contribution in [1.82, 2.24) is 0 Å². The van der Waals surface area contributed by atoms with Crippen molar-refractivity contribution in [3.63, 3.8) is 0 Å². The smallest absolute Gasteiger partial charge is 0.0827 e. The van der Waals surface area contributed by atoms with E-state index in [0.29, 0.717) is 11.8 Å². The third kappa shape index (κ3) is 1.50. The van der Waals surface area contributed by atoms with Crippen molar-refractivity contribution in [3.05, 3.63) is 0 Å². The highest BCUT2D eigenvalue weighted by Crippen LogP contribution is 2.44. The van der Waals surface area contributed by atoms with E-state index in [1.54, 1.807) is 6.92 Å². The maximum Gasteiger partial charge on any atom is 0.0827 e. The fourth-order valence-corrected chi connectivity index (χ4v) is 1.52. The highest BCUT2D eigenvalue weighted by Gasteiger charge is 2.42. The van der Waals surface area contributed by atoms with Gasteiger partial charge in [0.05, 0.1) is 12.2 Å². The standard InChI is InChI=1S/C8H16O2/c1-3-6-4-7(6)8(10)5(2)9/h5-10H,3-4H2,1-2H3. The molecule has 0 aliphatic heterocycles. The van der Waals surface area contributed by atoms with Gasteiger partial charge in [0.15, 0.2) is 0 Å². The molecule has 0 spiro atoms. The van der Waals surface area contributed by atoms with Crippen molar-refractivity contribution in [1.29, 1.82) is 0 Å². The summed E-state index contributed by atoms with van der Waals surface area (Å²) in [5.41, 5.74) is 0. The summed E-state index contributed by atoms with van der Waals surface area (Å²) < 4.78 is 0. The molecule has 0 saturated heterocycles. The van der Waals surface area contributed by atoms with Gasteiger partial charge in [-0.25, -0.2) is 0 Å². The largest absolute Gasteiger partial charge is 0.391 e. The van der Waals surface area contributed by atoms with Crippen LogP contribution in [0.4, 0.5) is 0 Å². The molecule has 2 N–H and O–H groups in total. The van der Waals surface area contributed by atoms with Gasteiger partial charge in [-0.3, -0.25) is 0 Å². The molecule has 2 nitrogen and oxygen atoms in total. The first-order chi connectivity index (χ1) is 4.66. The molecule has 0 radical (unpaired) electrons. The molecule has 0 amide bonds. The Labute approximate surface area is 61.9 Å². The van der Waals surface area contributed by atoms with Crippen LogP contribution >= 0.6 is 0 Å². The van der Waals surface area contributed by atoms with Gasteiger partial charge in [-0.05, 0) is 25.2 Å². The molecule has 4 unspecified atom stereocenters. The van der Waals surface area contributed by atoms with Crippen LogP contribution in [-0.4, -0.2) is 22.4 Å². The molecule has 1 aliphatic rings. The Hall–Kier alpha value is -0.0800. The van der Waals surface area contributed by atoms with Gasteiger partial charge in [0, 0.05) is 0 Å². The lowest BCUT2D eigenvalue weighted by Gasteiger charge is -2.12. The predicted molar refractivity (Wildman–Crippen MR) is 39.6 cm³/mol. The summed E-state index contributed by atoms with van der Waals surface area (Å²) in [7, 11) is 0. The SMILES string of the molecule is CCC1CC1C(O)C(C)O. The molecule has 0 aromatic carbocycles. The molecule has 0 aromatic heterocycles. The summed E-state index contributed by atoms with van der Waals surface area (Å²) >= 11 is 0. The van der Waals surface area contributed by atoms with E-state index >= 15 is 0 Å². The minimum Gasteiger partial charge on any atom is -0.391 e. The van der Waals surface area contributed by atoms with Gasteiger partial charge >= 0.3 is 0 Å². The topological polar surface area (TPSA) is 40.5 Å². The zero-order valence-electron chi connectivity index (χ0n) is 6.62. The van der Waals surface area contributed by atoms with Crippen molar-refractivity contribution >= 4 is 0 Å². The average Bonchev–Trinajstić information content (AvgIpc) is 2.64. The van der Waals surface area contributed by atoms with Crippen molar-refractivity contribution < 1.29 is 10.2 Å². The second-order valence-corrected chi connectivity index (χ2v) is 3.30. The molecule has 2 heteroatoms. The summed E-state index contributed by atoms with van der Waals surface area (Å²) in [6.45, 7) is 3.77. The first kappa shape index (κ1) is 8.02. The third-order valence-electron chi connectivity index (χ3n) is 2.43. The molecule has 0 bridgehead atoms. The minimum absolute atomic E-state index is 0.380. The van der Waals surface area contributed by atoms with E-state index in [9.17, 15) is 5.11 Å². The Morgan fingerprint density at radius 2 is 2.10 bits per heavy atom. The lowest BCUT2D eigenvalue weighted by molar-refractivity contribution is 0.0139. The van der Waals surface area contributed by atoms with E-state index in [4.69, 9.17) is 5.11 Å². The first-order valence-electron chi connectivity index (χ1n) is 4.03. The summed E-state index contributed by atoms with van der Waals surface area (Å²) in [6, 6.07) is 0. The minimum atomic E-state index is -0.554. The molecular formula is C8H16O2. The quantitative estimate of drug-likeness (QED) is 0.614.